The zero-order valence-corrected chi connectivity index (χ0v) is 11.9. The Kier molecular flexibility index (Phi) is 4.24. The fraction of sp³-hybridized carbons (Fsp3) is 0.714. The summed E-state index contributed by atoms with van der Waals surface area (Å²) in [5.41, 5.74) is 7.55. The third-order valence-electron chi connectivity index (χ3n) is 4.21. The monoisotopic (exact) mass is 264 g/mol. The van der Waals surface area contributed by atoms with Gasteiger partial charge in [0.25, 0.3) is 5.91 Å². The first-order valence-corrected chi connectivity index (χ1v) is 7.11. The van der Waals surface area contributed by atoms with E-state index < -0.39 is 0 Å². The molecule has 1 amide bonds. The molecule has 0 atom stereocenters. The molecule has 0 aromatic carbocycles. The van der Waals surface area contributed by atoms with Crippen molar-refractivity contribution in [2.45, 2.75) is 39.0 Å². The van der Waals surface area contributed by atoms with Crippen LogP contribution in [-0.2, 0) is 13.5 Å². The molecule has 0 bridgehead atoms. The highest BCUT2D eigenvalue weighted by atomic mass is 16.1. The molecule has 1 aromatic heterocycles. The van der Waals surface area contributed by atoms with E-state index in [1.54, 1.807) is 10.9 Å². The highest BCUT2D eigenvalue weighted by Crippen LogP contribution is 2.36. The Morgan fingerprint density at radius 1 is 1.53 bits per heavy atom. The Morgan fingerprint density at radius 2 is 2.21 bits per heavy atom. The smallest absolute Gasteiger partial charge is 0.254 e. The van der Waals surface area contributed by atoms with Gasteiger partial charge in [0, 0.05) is 19.8 Å². The lowest BCUT2D eigenvalue weighted by molar-refractivity contribution is 0.0931. The fourth-order valence-electron chi connectivity index (χ4n) is 2.93. The molecule has 1 aliphatic rings. The molecule has 19 heavy (non-hydrogen) atoms. The highest BCUT2D eigenvalue weighted by molar-refractivity contribution is 5.95. The van der Waals surface area contributed by atoms with E-state index in [0.717, 1.165) is 25.0 Å². The van der Waals surface area contributed by atoms with Crippen LogP contribution in [0, 0.1) is 5.41 Å². The number of hydrogen-bond donors (Lipinski definition) is 2. The van der Waals surface area contributed by atoms with Crippen molar-refractivity contribution in [3.8, 4) is 0 Å². The van der Waals surface area contributed by atoms with E-state index in [1.807, 2.05) is 14.0 Å². The SMILES string of the molecule is CCc1nn(C)cc1C(=O)NCC1(CN)CCCC1. The van der Waals surface area contributed by atoms with Crippen molar-refractivity contribution in [1.29, 1.82) is 0 Å². The Balaban J connectivity index is 2.01. The maximum Gasteiger partial charge on any atom is 0.254 e. The van der Waals surface area contributed by atoms with Crippen LogP contribution in [0.1, 0.15) is 48.7 Å². The number of nitrogens with two attached hydrogens (primary N) is 1. The number of aromatic nitrogens is 2. The zero-order valence-electron chi connectivity index (χ0n) is 11.9. The molecule has 0 spiro atoms. The summed E-state index contributed by atoms with van der Waals surface area (Å²) in [5.74, 6) is -0.0234. The lowest BCUT2D eigenvalue weighted by atomic mass is 9.86. The van der Waals surface area contributed by atoms with Crippen LogP contribution in [0.15, 0.2) is 6.20 Å². The van der Waals surface area contributed by atoms with E-state index in [-0.39, 0.29) is 11.3 Å². The lowest BCUT2D eigenvalue weighted by Gasteiger charge is -2.27. The summed E-state index contributed by atoms with van der Waals surface area (Å²) in [6.45, 7) is 3.35. The fourth-order valence-corrected chi connectivity index (χ4v) is 2.93. The van der Waals surface area contributed by atoms with Crippen molar-refractivity contribution >= 4 is 5.91 Å². The predicted molar refractivity (Wildman–Crippen MR) is 74.9 cm³/mol. The second-order valence-corrected chi connectivity index (χ2v) is 5.61. The molecule has 5 nitrogen and oxygen atoms in total. The number of rotatable bonds is 5. The van der Waals surface area contributed by atoms with E-state index in [4.69, 9.17) is 5.73 Å². The third kappa shape index (κ3) is 2.97. The number of nitrogens with one attached hydrogen (secondary N) is 1. The molecular formula is C14H24N4O. The summed E-state index contributed by atoms with van der Waals surface area (Å²) in [5, 5.41) is 7.35. The average molecular weight is 264 g/mol. The normalized spacial score (nSPS) is 17.6. The molecular weight excluding hydrogens is 240 g/mol. The van der Waals surface area contributed by atoms with E-state index >= 15 is 0 Å². The summed E-state index contributed by atoms with van der Waals surface area (Å²) < 4.78 is 1.70. The summed E-state index contributed by atoms with van der Waals surface area (Å²) in [6.07, 6.45) is 7.25. The quantitative estimate of drug-likeness (QED) is 0.840. The van der Waals surface area contributed by atoms with Gasteiger partial charge in [0.15, 0.2) is 0 Å². The molecule has 1 fully saturated rings. The van der Waals surface area contributed by atoms with Crippen LogP contribution in [0.25, 0.3) is 0 Å². The number of amides is 1. The van der Waals surface area contributed by atoms with Gasteiger partial charge in [-0.3, -0.25) is 9.48 Å². The van der Waals surface area contributed by atoms with Crippen molar-refractivity contribution in [2.24, 2.45) is 18.2 Å². The number of carbonyl (C=O) groups excluding carboxylic acids is 1. The average Bonchev–Trinajstić information content (AvgIpc) is 3.03. The first-order chi connectivity index (χ1) is 9.10. The van der Waals surface area contributed by atoms with Gasteiger partial charge in [0.05, 0.1) is 11.3 Å². The van der Waals surface area contributed by atoms with Crippen molar-refractivity contribution in [1.82, 2.24) is 15.1 Å². The molecule has 2 rings (SSSR count). The molecule has 0 aliphatic heterocycles. The van der Waals surface area contributed by atoms with Gasteiger partial charge in [-0.25, -0.2) is 0 Å². The van der Waals surface area contributed by atoms with Crippen LogP contribution in [0.4, 0.5) is 0 Å². The summed E-state index contributed by atoms with van der Waals surface area (Å²) in [6, 6.07) is 0. The van der Waals surface area contributed by atoms with Gasteiger partial charge in [-0.1, -0.05) is 19.8 Å². The Hall–Kier alpha value is -1.36. The largest absolute Gasteiger partial charge is 0.351 e. The van der Waals surface area contributed by atoms with Crippen molar-refractivity contribution < 1.29 is 4.79 Å². The third-order valence-corrected chi connectivity index (χ3v) is 4.21. The van der Waals surface area contributed by atoms with E-state index in [0.29, 0.717) is 18.7 Å². The van der Waals surface area contributed by atoms with Crippen molar-refractivity contribution in [2.75, 3.05) is 13.1 Å². The van der Waals surface area contributed by atoms with Crippen LogP contribution in [0.2, 0.25) is 0 Å². The number of nitrogens with zero attached hydrogens (tertiary/aromatic N) is 2. The van der Waals surface area contributed by atoms with Crippen LogP contribution >= 0.6 is 0 Å². The van der Waals surface area contributed by atoms with Gasteiger partial charge < -0.3 is 11.1 Å². The second-order valence-electron chi connectivity index (χ2n) is 5.61. The maximum atomic E-state index is 12.2. The maximum absolute atomic E-state index is 12.2. The summed E-state index contributed by atoms with van der Waals surface area (Å²) >= 11 is 0. The molecule has 1 heterocycles. The number of carbonyl (C=O) groups is 1. The summed E-state index contributed by atoms with van der Waals surface area (Å²) in [7, 11) is 1.84. The number of hydrogen-bond acceptors (Lipinski definition) is 3. The summed E-state index contributed by atoms with van der Waals surface area (Å²) in [4.78, 5) is 12.2. The van der Waals surface area contributed by atoms with Gasteiger partial charge in [-0.15, -0.1) is 0 Å². The van der Waals surface area contributed by atoms with Crippen LogP contribution < -0.4 is 11.1 Å². The molecule has 0 unspecified atom stereocenters. The van der Waals surface area contributed by atoms with Crippen molar-refractivity contribution in [3.05, 3.63) is 17.5 Å². The molecule has 3 N–H and O–H groups in total. The number of aryl methyl sites for hydroxylation is 2. The first-order valence-electron chi connectivity index (χ1n) is 7.11. The van der Waals surface area contributed by atoms with Gasteiger partial charge in [-0.2, -0.15) is 5.10 Å². The van der Waals surface area contributed by atoms with Crippen LogP contribution in [-0.4, -0.2) is 28.8 Å². The lowest BCUT2D eigenvalue weighted by Crippen LogP contribution is -2.40. The highest BCUT2D eigenvalue weighted by Gasteiger charge is 2.33. The first kappa shape index (κ1) is 14.1. The Labute approximate surface area is 114 Å². The molecule has 106 valence electrons. The minimum absolute atomic E-state index is 0.0234. The van der Waals surface area contributed by atoms with Gasteiger partial charge in [0.2, 0.25) is 0 Å². The minimum atomic E-state index is -0.0234. The van der Waals surface area contributed by atoms with Gasteiger partial charge in [-0.05, 0) is 31.2 Å². The van der Waals surface area contributed by atoms with Crippen LogP contribution in [0.5, 0.6) is 0 Å². The molecule has 1 aliphatic carbocycles. The van der Waals surface area contributed by atoms with Crippen molar-refractivity contribution in [3.63, 3.8) is 0 Å². The minimum Gasteiger partial charge on any atom is -0.351 e. The molecule has 1 aromatic rings. The predicted octanol–water partition coefficient (Wildman–Crippen LogP) is 1.23. The van der Waals surface area contributed by atoms with E-state index in [2.05, 4.69) is 10.4 Å². The molecule has 0 radical (unpaired) electrons. The Morgan fingerprint density at radius 3 is 2.79 bits per heavy atom. The van der Waals surface area contributed by atoms with Gasteiger partial charge >= 0.3 is 0 Å². The van der Waals surface area contributed by atoms with Gasteiger partial charge in [0.1, 0.15) is 0 Å². The topological polar surface area (TPSA) is 72.9 Å². The molecule has 0 saturated heterocycles. The molecule has 1 saturated carbocycles. The zero-order chi connectivity index (χ0) is 13.9. The molecule has 5 heteroatoms. The Bertz CT molecular complexity index is 446. The standard InChI is InChI=1S/C14H24N4O/c1-3-12-11(8-18(2)17-12)13(19)16-10-14(9-15)6-4-5-7-14/h8H,3-7,9-10,15H2,1-2H3,(H,16,19). The second kappa shape index (κ2) is 5.74. The van der Waals surface area contributed by atoms with E-state index in [9.17, 15) is 4.79 Å². The van der Waals surface area contributed by atoms with E-state index in [1.165, 1.54) is 12.8 Å². The van der Waals surface area contributed by atoms with Crippen LogP contribution in [0.3, 0.4) is 0 Å².